The fraction of sp³-hybridized carbons (Fsp3) is 0.312. The molecule has 0 fully saturated rings. The zero-order valence-corrected chi connectivity index (χ0v) is 12.0. The van der Waals surface area contributed by atoms with Crippen LogP contribution in [0, 0.1) is 0 Å². The molecule has 0 saturated carbocycles. The minimum atomic E-state index is -2.81. The van der Waals surface area contributed by atoms with Crippen LogP contribution >= 0.6 is 0 Å². The Labute approximate surface area is 123 Å². The molecule has 0 aliphatic rings. The molecule has 0 radical (unpaired) electrons. The van der Waals surface area contributed by atoms with Crippen LogP contribution in [0.4, 0.5) is 8.78 Å². The van der Waals surface area contributed by atoms with Gasteiger partial charge in [0.1, 0.15) is 5.75 Å². The van der Waals surface area contributed by atoms with Crippen LogP contribution in [0.3, 0.4) is 0 Å². The van der Waals surface area contributed by atoms with E-state index in [0.717, 1.165) is 11.3 Å². The molecule has 0 aliphatic carbocycles. The van der Waals surface area contributed by atoms with Gasteiger partial charge >= 0.3 is 6.61 Å². The summed E-state index contributed by atoms with van der Waals surface area (Å²) in [5.41, 5.74) is 1.82. The molecule has 0 bridgehead atoms. The van der Waals surface area contributed by atoms with Crippen LogP contribution in [0.15, 0.2) is 48.7 Å². The van der Waals surface area contributed by atoms with Crippen molar-refractivity contribution < 1.29 is 13.5 Å². The molecule has 21 heavy (non-hydrogen) atoms. The van der Waals surface area contributed by atoms with Gasteiger partial charge in [-0.25, -0.2) is 0 Å². The maximum Gasteiger partial charge on any atom is 0.387 e. The van der Waals surface area contributed by atoms with Crippen molar-refractivity contribution in [2.24, 2.45) is 0 Å². The molecule has 1 N–H and O–H groups in total. The number of nitrogens with zero attached hydrogens (tertiary/aromatic N) is 1. The van der Waals surface area contributed by atoms with Crippen LogP contribution in [-0.4, -0.2) is 11.6 Å². The molecule has 1 heterocycles. The zero-order chi connectivity index (χ0) is 15.2. The summed E-state index contributed by atoms with van der Waals surface area (Å²) >= 11 is 0. The molecule has 0 spiro atoms. The first kappa shape index (κ1) is 15.4. The Hall–Kier alpha value is -2.01. The molecule has 1 aromatic heterocycles. The summed E-state index contributed by atoms with van der Waals surface area (Å²) in [5, 5.41) is 3.39. The summed E-state index contributed by atoms with van der Waals surface area (Å²) in [4.78, 5) is 4.30. The number of pyridine rings is 1. The van der Waals surface area contributed by atoms with Gasteiger partial charge in [-0.05, 0) is 43.7 Å². The monoisotopic (exact) mass is 292 g/mol. The molecule has 2 atom stereocenters. The van der Waals surface area contributed by atoms with E-state index in [0.29, 0.717) is 0 Å². The fourth-order valence-electron chi connectivity index (χ4n) is 2.15. The topological polar surface area (TPSA) is 34.2 Å². The number of hydrogen-bond donors (Lipinski definition) is 1. The van der Waals surface area contributed by atoms with E-state index in [1.165, 1.54) is 6.07 Å². The second-order valence-electron chi connectivity index (χ2n) is 4.82. The lowest BCUT2D eigenvalue weighted by molar-refractivity contribution is -0.0499. The summed E-state index contributed by atoms with van der Waals surface area (Å²) in [5.74, 6) is 0.168. The number of halogens is 2. The molecule has 0 aliphatic heterocycles. The standard InChI is InChI=1S/C16H18F2N2O/c1-11(20-12(2)15-8-3-4-9-19-15)13-6-5-7-14(10-13)21-16(17)18/h3-12,16,20H,1-2H3/t11?,12-/m1/s1. The van der Waals surface area contributed by atoms with E-state index in [9.17, 15) is 8.78 Å². The third kappa shape index (κ3) is 4.49. The first-order valence-electron chi connectivity index (χ1n) is 6.78. The summed E-state index contributed by atoms with van der Waals surface area (Å²) < 4.78 is 28.9. The molecule has 112 valence electrons. The fourth-order valence-corrected chi connectivity index (χ4v) is 2.15. The van der Waals surface area contributed by atoms with Gasteiger partial charge in [-0.1, -0.05) is 18.2 Å². The largest absolute Gasteiger partial charge is 0.435 e. The van der Waals surface area contributed by atoms with Crippen LogP contribution in [0.2, 0.25) is 0 Å². The number of nitrogens with one attached hydrogen (secondary N) is 1. The van der Waals surface area contributed by atoms with Crippen LogP contribution in [-0.2, 0) is 0 Å². The summed E-state index contributed by atoms with van der Waals surface area (Å²) in [6.45, 7) is 1.18. The van der Waals surface area contributed by atoms with Crippen molar-refractivity contribution >= 4 is 0 Å². The highest BCUT2D eigenvalue weighted by Crippen LogP contribution is 2.22. The van der Waals surface area contributed by atoms with Gasteiger partial charge in [0, 0.05) is 18.3 Å². The lowest BCUT2D eigenvalue weighted by atomic mass is 10.1. The number of rotatable bonds is 6. The molecule has 1 unspecified atom stereocenters. The molecule has 0 saturated heterocycles. The van der Waals surface area contributed by atoms with Crippen molar-refractivity contribution in [1.82, 2.24) is 10.3 Å². The highest BCUT2D eigenvalue weighted by Gasteiger charge is 2.13. The van der Waals surface area contributed by atoms with Crippen molar-refractivity contribution in [3.05, 3.63) is 59.9 Å². The minimum Gasteiger partial charge on any atom is -0.435 e. The van der Waals surface area contributed by atoms with Crippen molar-refractivity contribution in [1.29, 1.82) is 0 Å². The Kier molecular flexibility index (Phi) is 5.22. The third-order valence-electron chi connectivity index (χ3n) is 3.21. The normalized spacial score (nSPS) is 14.0. The lowest BCUT2D eigenvalue weighted by Crippen LogP contribution is -2.23. The zero-order valence-electron chi connectivity index (χ0n) is 12.0. The molecule has 5 heteroatoms. The van der Waals surface area contributed by atoms with E-state index in [1.807, 2.05) is 38.1 Å². The first-order chi connectivity index (χ1) is 10.1. The van der Waals surface area contributed by atoms with Gasteiger partial charge < -0.3 is 10.1 Å². The highest BCUT2D eigenvalue weighted by atomic mass is 19.3. The van der Waals surface area contributed by atoms with Gasteiger partial charge in [-0.2, -0.15) is 8.78 Å². The SMILES string of the molecule is CC(N[C@H](C)c1ccccn1)c1cccc(OC(F)F)c1. The maximum atomic E-state index is 12.2. The smallest absolute Gasteiger partial charge is 0.387 e. The molecular formula is C16H18F2N2O. The quantitative estimate of drug-likeness (QED) is 0.870. The third-order valence-corrected chi connectivity index (χ3v) is 3.21. The Balaban J connectivity index is 2.04. The van der Waals surface area contributed by atoms with E-state index in [1.54, 1.807) is 18.3 Å². The van der Waals surface area contributed by atoms with Crippen LogP contribution in [0.5, 0.6) is 5.75 Å². The number of aromatic nitrogens is 1. The van der Waals surface area contributed by atoms with Gasteiger partial charge in [-0.3, -0.25) is 4.98 Å². The van der Waals surface area contributed by atoms with Crippen molar-refractivity contribution in [2.75, 3.05) is 0 Å². The Morgan fingerprint density at radius 1 is 1.05 bits per heavy atom. The van der Waals surface area contributed by atoms with Gasteiger partial charge in [0.05, 0.1) is 5.69 Å². The summed E-state index contributed by atoms with van der Waals surface area (Å²) in [6.07, 6.45) is 1.75. The summed E-state index contributed by atoms with van der Waals surface area (Å²) in [6, 6.07) is 12.5. The van der Waals surface area contributed by atoms with Crippen LogP contribution in [0.1, 0.15) is 37.2 Å². The van der Waals surface area contributed by atoms with E-state index in [-0.39, 0.29) is 17.8 Å². The van der Waals surface area contributed by atoms with Crippen LogP contribution in [0.25, 0.3) is 0 Å². The van der Waals surface area contributed by atoms with Gasteiger partial charge in [0.25, 0.3) is 0 Å². The average Bonchev–Trinajstić information content (AvgIpc) is 2.47. The van der Waals surface area contributed by atoms with E-state index >= 15 is 0 Å². The number of alkyl halides is 2. The predicted octanol–water partition coefficient (Wildman–Crippen LogP) is 4.09. The van der Waals surface area contributed by atoms with E-state index < -0.39 is 6.61 Å². The average molecular weight is 292 g/mol. The second-order valence-corrected chi connectivity index (χ2v) is 4.82. The molecule has 3 nitrogen and oxygen atoms in total. The van der Waals surface area contributed by atoms with Gasteiger partial charge in [0.2, 0.25) is 0 Å². The molecule has 0 amide bonds. The number of benzene rings is 1. The number of ether oxygens (including phenoxy) is 1. The molecule has 2 aromatic rings. The van der Waals surface area contributed by atoms with Crippen molar-refractivity contribution in [3.8, 4) is 5.75 Å². The predicted molar refractivity (Wildman–Crippen MR) is 77.3 cm³/mol. The van der Waals surface area contributed by atoms with Gasteiger partial charge in [-0.15, -0.1) is 0 Å². The highest BCUT2D eigenvalue weighted by molar-refractivity contribution is 5.30. The Morgan fingerprint density at radius 2 is 1.86 bits per heavy atom. The maximum absolute atomic E-state index is 12.2. The van der Waals surface area contributed by atoms with Gasteiger partial charge in [0.15, 0.2) is 0 Å². The lowest BCUT2D eigenvalue weighted by Gasteiger charge is -2.20. The van der Waals surface area contributed by atoms with Crippen LogP contribution < -0.4 is 10.1 Å². The van der Waals surface area contributed by atoms with E-state index in [2.05, 4.69) is 15.0 Å². The Bertz CT molecular complexity index is 563. The molecule has 2 rings (SSSR count). The minimum absolute atomic E-state index is 0.0109. The second kappa shape index (κ2) is 7.13. The molecule has 1 aromatic carbocycles. The number of hydrogen-bond acceptors (Lipinski definition) is 3. The molecular weight excluding hydrogens is 274 g/mol. The summed E-state index contributed by atoms with van der Waals surface area (Å²) in [7, 11) is 0. The van der Waals surface area contributed by atoms with Crippen molar-refractivity contribution in [3.63, 3.8) is 0 Å². The first-order valence-corrected chi connectivity index (χ1v) is 6.78. The van der Waals surface area contributed by atoms with E-state index in [4.69, 9.17) is 0 Å². The van der Waals surface area contributed by atoms with Crippen molar-refractivity contribution in [2.45, 2.75) is 32.5 Å². The Morgan fingerprint density at radius 3 is 2.52 bits per heavy atom.